The highest BCUT2D eigenvalue weighted by molar-refractivity contribution is 5.54. The fourth-order valence-electron chi connectivity index (χ4n) is 6.05. The number of nitrogens with one attached hydrogen (secondary N) is 2. The van der Waals surface area contributed by atoms with Gasteiger partial charge in [0.05, 0.1) is 17.7 Å². The van der Waals surface area contributed by atoms with Gasteiger partial charge in [0.1, 0.15) is 23.2 Å². The molecule has 2 aromatic rings. The third-order valence-corrected chi connectivity index (χ3v) is 7.15. The van der Waals surface area contributed by atoms with Crippen molar-refractivity contribution in [2.45, 2.75) is 44.7 Å². The summed E-state index contributed by atoms with van der Waals surface area (Å²) in [6.07, 6.45) is 6.79. The van der Waals surface area contributed by atoms with Crippen LogP contribution in [-0.2, 0) is 6.54 Å². The minimum atomic E-state index is -0.136. The zero-order valence-corrected chi connectivity index (χ0v) is 16.7. The van der Waals surface area contributed by atoms with E-state index >= 15 is 0 Å². The normalized spacial score (nSPS) is 31.0. The average molecular weight is 400 g/mol. The van der Waals surface area contributed by atoms with Crippen LogP contribution in [0.25, 0.3) is 0 Å². The SMILES string of the molecule is N#Cc1cnc(NCc2ccccc2O)nc1NC1[C@@H]2CC3C[C@H]1CC(C#N)(C3)C2. The van der Waals surface area contributed by atoms with Gasteiger partial charge in [0.2, 0.25) is 5.95 Å². The van der Waals surface area contributed by atoms with Gasteiger partial charge in [-0.1, -0.05) is 18.2 Å². The largest absolute Gasteiger partial charge is 0.508 e. The van der Waals surface area contributed by atoms with Crippen LogP contribution in [0.5, 0.6) is 5.75 Å². The Morgan fingerprint density at radius 2 is 1.90 bits per heavy atom. The number of rotatable bonds is 5. The molecule has 4 saturated carbocycles. The fourth-order valence-corrected chi connectivity index (χ4v) is 6.05. The maximum absolute atomic E-state index is 9.94. The number of aromatic nitrogens is 2. The summed E-state index contributed by atoms with van der Waals surface area (Å²) in [5, 5.41) is 35.9. The second-order valence-electron chi connectivity index (χ2n) is 9.08. The summed E-state index contributed by atoms with van der Waals surface area (Å²) in [7, 11) is 0. The van der Waals surface area contributed by atoms with Crippen LogP contribution in [0.3, 0.4) is 0 Å². The molecular weight excluding hydrogens is 376 g/mol. The molecule has 5 atom stereocenters. The van der Waals surface area contributed by atoms with Crippen LogP contribution in [-0.4, -0.2) is 21.1 Å². The van der Waals surface area contributed by atoms with E-state index in [4.69, 9.17) is 0 Å². The van der Waals surface area contributed by atoms with E-state index in [0.717, 1.165) is 37.7 Å². The second kappa shape index (κ2) is 7.18. The number of nitrogens with zero attached hydrogens (tertiary/aromatic N) is 4. The van der Waals surface area contributed by atoms with E-state index in [1.165, 1.54) is 6.20 Å². The molecule has 7 heteroatoms. The predicted octanol–water partition coefficient (Wildman–Crippen LogP) is 3.80. The summed E-state index contributed by atoms with van der Waals surface area (Å²) < 4.78 is 0. The van der Waals surface area contributed by atoms with E-state index in [1.54, 1.807) is 12.1 Å². The van der Waals surface area contributed by atoms with Crippen LogP contribution >= 0.6 is 0 Å². The molecule has 3 N–H and O–H groups in total. The van der Waals surface area contributed by atoms with Crippen LogP contribution in [0.4, 0.5) is 11.8 Å². The van der Waals surface area contributed by atoms with Crippen LogP contribution in [0.2, 0.25) is 0 Å². The molecule has 4 aliphatic rings. The number of aromatic hydroxyl groups is 1. The van der Waals surface area contributed by atoms with E-state index < -0.39 is 0 Å². The molecule has 1 heterocycles. The van der Waals surface area contributed by atoms with Gasteiger partial charge in [0.15, 0.2) is 0 Å². The Kier molecular flexibility index (Phi) is 4.47. The molecule has 3 unspecified atom stereocenters. The number of nitriles is 2. The summed E-state index contributed by atoms with van der Waals surface area (Å²) >= 11 is 0. The fraction of sp³-hybridized carbons (Fsp3) is 0.478. The first-order valence-corrected chi connectivity index (χ1v) is 10.5. The number of anilines is 2. The molecule has 4 bridgehead atoms. The van der Waals surface area contributed by atoms with Crippen LogP contribution in [0, 0.1) is 45.8 Å². The van der Waals surface area contributed by atoms with Gasteiger partial charge in [-0.15, -0.1) is 0 Å². The number of phenolic OH excluding ortho intramolecular Hbond substituents is 1. The Labute approximate surface area is 175 Å². The molecule has 1 aromatic carbocycles. The first-order valence-electron chi connectivity index (χ1n) is 10.5. The van der Waals surface area contributed by atoms with Crippen molar-refractivity contribution in [1.29, 1.82) is 10.5 Å². The second-order valence-corrected chi connectivity index (χ2v) is 9.08. The van der Waals surface area contributed by atoms with Gasteiger partial charge >= 0.3 is 0 Å². The number of hydrogen-bond acceptors (Lipinski definition) is 7. The van der Waals surface area contributed by atoms with Gasteiger partial charge in [0, 0.05) is 18.2 Å². The summed E-state index contributed by atoms with van der Waals surface area (Å²) in [6, 6.07) is 12.2. The Hall–Kier alpha value is -3.32. The third kappa shape index (κ3) is 3.21. The lowest BCUT2D eigenvalue weighted by Gasteiger charge is -2.57. The first-order chi connectivity index (χ1) is 14.6. The van der Waals surface area contributed by atoms with Crippen molar-refractivity contribution in [2.75, 3.05) is 10.6 Å². The molecule has 0 amide bonds. The minimum Gasteiger partial charge on any atom is -0.508 e. The maximum Gasteiger partial charge on any atom is 0.224 e. The van der Waals surface area contributed by atoms with Crippen molar-refractivity contribution in [3.63, 3.8) is 0 Å². The Morgan fingerprint density at radius 1 is 1.13 bits per heavy atom. The van der Waals surface area contributed by atoms with Gasteiger partial charge in [-0.2, -0.15) is 15.5 Å². The summed E-state index contributed by atoms with van der Waals surface area (Å²) in [5.41, 5.74) is 1.04. The highest BCUT2D eigenvalue weighted by atomic mass is 16.3. The first kappa shape index (κ1) is 18.7. The molecule has 0 spiro atoms. The van der Waals surface area contributed by atoms with Gasteiger partial charge in [-0.3, -0.25) is 0 Å². The Balaban J connectivity index is 1.35. The molecule has 30 heavy (non-hydrogen) atoms. The molecule has 6 rings (SSSR count). The number of benzene rings is 1. The monoisotopic (exact) mass is 400 g/mol. The lowest BCUT2D eigenvalue weighted by Crippen LogP contribution is -2.55. The van der Waals surface area contributed by atoms with Crippen molar-refractivity contribution >= 4 is 11.8 Å². The zero-order chi connectivity index (χ0) is 20.7. The topological polar surface area (TPSA) is 118 Å². The number of hydrogen-bond donors (Lipinski definition) is 3. The van der Waals surface area contributed by atoms with Gasteiger partial charge in [0.25, 0.3) is 0 Å². The predicted molar refractivity (Wildman–Crippen MR) is 111 cm³/mol. The van der Waals surface area contributed by atoms with Crippen LogP contribution in [0.1, 0.15) is 43.2 Å². The molecule has 0 aliphatic heterocycles. The van der Waals surface area contributed by atoms with E-state index in [1.807, 2.05) is 12.1 Å². The van der Waals surface area contributed by atoms with E-state index in [9.17, 15) is 15.6 Å². The zero-order valence-electron chi connectivity index (χ0n) is 16.7. The Bertz CT molecular complexity index is 1040. The van der Waals surface area contributed by atoms with Crippen LogP contribution in [0.15, 0.2) is 30.5 Å². The Morgan fingerprint density at radius 3 is 2.60 bits per heavy atom. The molecule has 4 fully saturated rings. The quantitative estimate of drug-likeness (QED) is 0.699. The van der Waals surface area contributed by atoms with Crippen molar-refractivity contribution in [3.05, 3.63) is 41.6 Å². The number of para-hydroxylation sites is 1. The summed E-state index contributed by atoms with van der Waals surface area (Å²) in [4.78, 5) is 8.83. The van der Waals surface area contributed by atoms with Gasteiger partial charge < -0.3 is 15.7 Å². The average Bonchev–Trinajstić information content (AvgIpc) is 2.75. The molecular formula is C23H24N6O. The van der Waals surface area contributed by atoms with Crippen molar-refractivity contribution in [2.24, 2.45) is 23.2 Å². The van der Waals surface area contributed by atoms with Crippen molar-refractivity contribution < 1.29 is 5.11 Å². The van der Waals surface area contributed by atoms with Crippen LogP contribution < -0.4 is 10.6 Å². The standard InChI is InChI=1S/C23H24N6O/c24-10-18-12-27-22(26-11-15-3-1-2-4-19(15)30)29-21(18)28-20-16-5-14-6-17(20)9-23(7-14,8-16)13-25/h1-4,12,14,16-17,20,30H,5-9,11H2,(H2,26,27,28,29)/t14?,16-,17+,20?,23?. The summed E-state index contributed by atoms with van der Waals surface area (Å²) in [5.74, 6) is 2.76. The molecule has 4 aliphatic carbocycles. The van der Waals surface area contributed by atoms with Crippen molar-refractivity contribution in [1.82, 2.24) is 9.97 Å². The van der Waals surface area contributed by atoms with E-state index in [-0.39, 0.29) is 17.2 Å². The smallest absolute Gasteiger partial charge is 0.224 e. The molecule has 152 valence electrons. The van der Waals surface area contributed by atoms with E-state index in [2.05, 4.69) is 32.7 Å². The lowest BCUT2D eigenvalue weighted by molar-refractivity contribution is -0.0297. The van der Waals surface area contributed by atoms with Crippen molar-refractivity contribution in [3.8, 4) is 17.9 Å². The molecule has 1 aromatic heterocycles. The maximum atomic E-state index is 9.94. The summed E-state index contributed by atoms with van der Waals surface area (Å²) in [6.45, 7) is 0.388. The van der Waals surface area contributed by atoms with Gasteiger partial charge in [-0.25, -0.2) is 4.98 Å². The lowest BCUT2D eigenvalue weighted by atomic mass is 9.48. The number of phenols is 1. The third-order valence-electron chi connectivity index (χ3n) is 7.15. The molecule has 0 radical (unpaired) electrons. The highest BCUT2D eigenvalue weighted by Crippen LogP contribution is 2.60. The van der Waals surface area contributed by atoms with E-state index in [0.29, 0.717) is 41.6 Å². The minimum absolute atomic E-state index is 0.136. The van der Waals surface area contributed by atoms with Gasteiger partial charge in [-0.05, 0) is 55.9 Å². The highest BCUT2D eigenvalue weighted by Gasteiger charge is 2.55. The molecule has 7 nitrogen and oxygen atoms in total. The molecule has 0 saturated heterocycles.